The fourth-order valence-corrected chi connectivity index (χ4v) is 1.79. The lowest BCUT2D eigenvalue weighted by atomic mass is 10.2. The molecule has 6 nitrogen and oxygen atoms in total. The van der Waals surface area contributed by atoms with E-state index in [0.717, 1.165) is 30.7 Å². The molecule has 0 fully saturated rings. The predicted octanol–water partition coefficient (Wildman–Crippen LogP) is 1.92. The van der Waals surface area contributed by atoms with Crippen molar-refractivity contribution in [1.29, 1.82) is 0 Å². The van der Waals surface area contributed by atoms with Crippen LogP contribution in [0, 0.1) is 0 Å². The van der Waals surface area contributed by atoms with Gasteiger partial charge in [-0.25, -0.2) is 0 Å². The number of hydrogen-bond donors (Lipinski definition) is 0. The van der Waals surface area contributed by atoms with E-state index < -0.39 is 0 Å². The van der Waals surface area contributed by atoms with Gasteiger partial charge in [0.05, 0.1) is 12.7 Å². The molecule has 2 amide bonds. The highest BCUT2D eigenvalue weighted by Crippen LogP contribution is 2.08. The van der Waals surface area contributed by atoms with Crippen LogP contribution in [0.5, 0.6) is 0 Å². The van der Waals surface area contributed by atoms with Crippen LogP contribution in [-0.4, -0.2) is 31.7 Å². The third kappa shape index (κ3) is 4.29. The molecular weight excluding hydrogens is 256 g/mol. The van der Waals surface area contributed by atoms with E-state index in [4.69, 9.17) is 0 Å². The van der Waals surface area contributed by atoms with Crippen molar-refractivity contribution in [2.24, 2.45) is 0 Å². The lowest BCUT2D eigenvalue weighted by molar-refractivity contribution is -0.137. The Labute approximate surface area is 119 Å². The fraction of sp³-hybridized carbons (Fsp3) is 0.571. The molecule has 110 valence electrons. The average molecular weight is 278 g/mol. The maximum atomic E-state index is 11.4. The molecule has 0 atom stereocenters. The molecule has 0 aliphatic carbocycles. The number of rotatable bonds is 6. The highest BCUT2D eigenvalue weighted by Gasteiger charge is 2.24. The summed E-state index contributed by atoms with van der Waals surface area (Å²) in [5, 5.41) is 7.94. The van der Waals surface area contributed by atoms with Gasteiger partial charge in [0.2, 0.25) is 0 Å². The SMILES string of the molecule is CC.CCCCCn1cc(CN2C(=O)C=CC2=O)nn1. The first kappa shape index (κ1) is 16.1. The second-order valence-corrected chi connectivity index (χ2v) is 4.28. The van der Waals surface area contributed by atoms with E-state index >= 15 is 0 Å². The molecular formula is C14H22N4O2. The van der Waals surface area contributed by atoms with Gasteiger partial charge in [0, 0.05) is 18.7 Å². The van der Waals surface area contributed by atoms with E-state index in [0.29, 0.717) is 5.69 Å². The molecule has 0 saturated carbocycles. The number of amides is 2. The van der Waals surface area contributed by atoms with Crippen molar-refractivity contribution >= 4 is 11.8 Å². The van der Waals surface area contributed by atoms with Gasteiger partial charge in [-0.3, -0.25) is 19.2 Å². The van der Waals surface area contributed by atoms with Gasteiger partial charge >= 0.3 is 0 Å². The van der Waals surface area contributed by atoms with Crippen molar-refractivity contribution in [3.8, 4) is 0 Å². The second kappa shape index (κ2) is 8.24. The standard InChI is InChI=1S/C12H16N4O2.C2H6/c1-2-3-4-7-15-8-10(13-14-15)9-16-11(17)5-6-12(16)18;1-2/h5-6,8H,2-4,7,9H2,1H3;1-2H3. The summed E-state index contributed by atoms with van der Waals surface area (Å²) < 4.78 is 1.75. The van der Waals surface area contributed by atoms with E-state index in [9.17, 15) is 9.59 Å². The molecule has 20 heavy (non-hydrogen) atoms. The summed E-state index contributed by atoms with van der Waals surface area (Å²) in [6.45, 7) is 7.16. The quantitative estimate of drug-likeness (QED) is 0.589. The molecule has 1 aliphatic rings. The minimum absolute atomic E-state index is 0.193. The summed E-state index contributed by atoms with van der Waals surface area (Å²) in [7, 11) is 0. The molecule has 0 bridgehead atoms. The van der Waals surface area contributed by atoms with E-state index in [1.807, 2.05) is 13.8 Å². The summed E-state index contributed by atoms with van der Waals surface area (Å²) in [5.41, 5.74) is 0.636. The Bertz CT molecular complexity index is 461. The molecule has 0 unspecified atom stereocenters. The number of aryl methyl sites for hydroxylation is 1. The average Bonchev–Trinajstić information content (AvgIpc) is 3.03. The zero-order valence-electron chi connectivity index (χ0n) is 12.4. The van der Waals surface area contributed by atoms with Gasteiger partial charge < -0.3 is 0 Å². The van der Waals surface area contributed by atoms with Crippen LogP contribution in [0.25, 0.3) is 0 Å². The summed E-state index contributed by atoms with van der Waals surface area (Å²) in [5.74, 6) is -0.582. The molecule has 2 rings (SSSR count). The smallest absolute Gasteiger partial charge is 0.253 e. The molecule has 1 aliphatic heterocycles. The minimum Gasteiger partial charge on any atom is -0.269 e. The summed E-state index contributed by atoms with van der Waals surface area (Å²) in [6, 6.07) is 0. The van der Waals surface area contributed by atoms with E-state index in [1.165, 1.54) is 12.2 Å². The van der Waals surface area contributed by atoms with Crippen LogP contribution in [-0.2, 0) is 22.7 Å². The molecule has 0 aromatic carbocycles. The van der Waals surface area contributed by atoms with Crippen molar-refractivity contribution in [2.75, 3.05) is 0 Å². The minimum atomic E-state index is -0.291. The van der Waals surface area contributed by atoms with Crippen LogP contribution in [0.4, 0.5) is 0 Å². The number of aromatic nitrogens is 3. The van der Waals surface area contributed by atoms with Crippen LogP contribution >= 0.6 is 0 Å². The Hall–Kier alpha value is -1.98. The van der Waals surface area contributed by atoms with Crippen LogP contribution in [0.15, 0.2) is 18.3 Å². The van der Waals surface area contributed by atoms with Gasteiger partial charge in [0.15, 0.2) is 0 Å². The lowest BCUT2D eigenvalue weighted by Gasteiger charge is -2.10. The fourth-order valence-electron chi connectivity index (χ4n) is 1.79. The Morgan fingerprint density at radius 1 is 1.10 bits per heavy atom. The normalized spacial score (nSPS) is 13.7. The van der Waals surface area contributed by atoms with Crippen LogP contribution in [0.2, 0.25) is 0 Å². The van der Waals surface area contributed by atoms with Gasteiger partial charge in [-0.05, 0) is 6.42 Å². The third-order valence-electron chi connectivity index (χ3n) is 2.80. The van der Waals surface area contributed by atoms with Crippen molar-refractivity contribution in [1.82, 2.24) is 19.9 Å². The van der Waals surface area contributed by atoms with Crippen molar-refractivity contribution in [3.63, 3.8) is 0 Å². The molecule has 0 radical (unpaired) electrons. The van der Waals surface area contributed by atoms with Gasteiger partial charge in [0.1, 0.15) is 5.69 Å². The third-order valence-corrected chi connectivity index (χ3v) is 2.80. The number of hydrogen-bond acceptors (Lipinski definition) is 4. The zero-order valence-corrected chi connectivity index (χ0v) is 12.4. The molecule has 2 heterocycles. The summed E-state index contributed by atoms with van der Waals surface area (Å²) in [4.78, 5) is 23.9. The first-order valence-corrected chi connectivity index (χ1v) is 7.13. The molecule has 0 N–H and O–H groups in total. The maximum Gasteiger partial charge on any atom is 0.253 e. The van der Waals surface area contributed by atoms with E-state index in [-0.39, 0.29) is 18.4 Å². The van der Waals surface area contributed by atoms with Gasteiger partial charge in [-0.1, -0.05) is 38.8 Å². The van der Waals surface area contributed by atoms with Crippen LogP contribution < -0.4 is 0 Å². The Kier molecular flexibility index (Phi) is 6.63. The number of unbranched alkanes of at least 4 members (excludes halogenated alkanes) is 2. The van der Waals surface area contributed by atoms with Crippen molar-refractivity contribution in [2.45, 2.75) is 53.1 Å². The van der Waals surface area contributed by atoms with E-state index in [2.05, 4.69) is 17.2 Å². The van der Waals surface area contributed by atoms with Gasteiger partial charge in [0.25, 0.3) is 11.8 Å². The lowest BCUT2D eigenvalue weighted by Crippen LogP contribution is -2.29. The van der Waals surface area contributed by atoms with Crippen LogP contribution in [0.1, 0.15) is 45.7 Å². The van der Waals surface area contributed by atoms with E-state index in [1.54, 1.807) is 10.9 Å². The molecule has 0 spiro atoms. The highest BCUT2D eigenvalue weighted by atomic mass is 16.2. The number of carbonyl (C=O) groups is 2. The highest BCUT2D eigenvalue weighted by molar-refractivity contribution is 6.12. The molecule has 1 aromatic rings. The Morgan fingerprint density at radius 3 is 2.35 bits per heavy atom. The van der Waals surface area contributed by atoms with Gasteiger partial charge in [-0.2, -0.15) is 0 Å². The number of nitrogens with zero attached hydrogens (tertiary/aromatic N) is 4. The van der Waals surface area contributed by atoms with Gasteiger partial charge in [-0.15, -0.1) is 5.10 Å². The largest absolute Gasteiger partial charge is 0.269 e. The Morgan fingerprint density at radius 2 is 1.75 bits per heavy atom. The zero-order chi connectivity index (χ0) is 15.0. The second-order valence-electron chi connectivity index (χ2n) is 4.28. The van der Waals surface area contributed by atoms with Crippen molar-refractivity contribution in [3.05, 3.63) is 24.0 Å². The first-order chi connectivity index (χ1) is 9.70. The van der Waals surface area contributed by atoms with Crippen molar-refractivity contribution < 1.29 is 9.59 Å². The van der Waals surface area contributed by atoms with Crippen LogP contribution in [0.3, 0.4) is 0 Å². The summed E-state index contributed by atoms with van der Waals surface area (Å²) in [6.07, 6.45) is 7.70. The topological polar surface area (TPSA) is 68.1 Å². The molecule has 1 aromatic heterocycles. The molecule has 6 heteroatoms. The predicted molar refractivity (Wildman–Crippen MR) is 75.6 cm³/mol. The number of carbonyl (C=O) groups excluding carboxylic acids is 2. The first-order valence-electron chi connectivity index (χ1n) is 7.13. The number of imide groups is 1. The Balaban J connectivity index is 0.000000956. The summed E-state index contributed by atoms with van der Waals surface area (Å²) >= 11 is 0. The maximum absolute atomic E-state index is 11.4. The monoisotopic (exact) mass is 278 g/mol. The molecule has 0 saturated heterocycles.